The van der Waals surface area contributed by atoms with Crippen LogP contribution in [0.1, 0.15) is 19.3 Å². The number of amides is 4. The molecule has 8 heteroatoms. The lowest BCUT2D eigenvalue weighted by atomic mass is 10.0. The van der Waals surface area contributed by atoms with Crippen molar-refractivity contribution in [3.8, 4) is 0 Å². The third-order valence-corrected chi connectivity index (χ3v) is 3.17. The quantitative estimate of drug-likeness (QED) is 0.395. The van der Waals surface area contributed by atoms with E-state index in [9.17, 15) is 19.2 Å². The molecule has 0 radical (unpaired) electrons. The summed E-state index contributed by atoms with van der Waals surface area (Å²) in [5.41, 5.74) is 5.50. The number of nitrogens with one attached hydrogen (secondary N) is 2. The molecule has 2 heterocycles. The lowest BCUT2D eigenvalue weighted by Crippen LogP contribution is -2.54. The molecule has 1 saturated heterocycles. The Bertz CT molecular complexity index is 500. The van der Waals surface area contributed by atoms with E-state index in [0.717, 1.165) is 4.90 Å². The smallest absolute Gasteiger partial charge is 0.277 e. The van der Waals surface area contributed by atoms with E-state index >= 15 is 0 Å². The van der Waals surface area contributed by atoms with Gasteiger partial charge in [-0.25, -0.2) is 0 Å². The molecule has 0 spiro atoms. The van der Waals surface area contributed by atoms with Crippen LogP contribution in [0.3, 0.4) is 0 Å². The maximum absolute atomic E-state index is 12.1. The highest BCUT2D eigenvalue weighted by atomic mass is 16.2. The van der Waals surface area contributed by atoms with E-state index < -0.39 is 23.8 Å². The summed E-state index contributed by atoms with van der Waals surface area (Å²) in [5.74, 6) is -2.08. The summed E-state index contributed by atoms with van der Waals surface area (Å²) in [6.45, 7) is 0.948. The Labute approximate surface area is 115 Å². The van der Waals surface area contributed by atoms with E-state index in [2.05, 4.69) is 10.6 Å². The molecule has 2 rings (SSSR count). The van der Waals surface area contributed by atoms with Gasteiger partial charge >= 0.3 is 0 Å². The standard InChI is InChI=1S/C12H16N4O4/c13-4-1-5-14-7-6-10(18)16(12(7)20)8-2-3-9(17)15-11(8)19/h6,8,14H,1-5,13H2,(H,15,17,19). The number of carbonyl (C=O) groups excluding carboxylic acids is 4. The number of hydrogen-bond acceptors (Lipinski definition) is 6. The van der Waals surface area contributed by atoms with Crippen LogP contribution in [-0.2, 0) is 19.2 Å². The van der Waals surface area contributed by atoms with Crippen molar-refractivity contribution in [3.05, 3.63) is 11.8 Å². The number of piperidine rings is 1. The Morgan fingerprint density at radius 2 is 2.10 bits per heavy atom. The molecule has 8 nitrogen and oxygen atoms in total. The van der Waals surface area contributed by atoms with E-state index in [1.807, 2.05) is 0 Å². The molecule has 1 atom stereocenters. The Kier molecular flexibility index (Phi) is 4.14. The van der Waals surface area contributed by atoms with Gasteiger partial charge in [0, 0.05) is 19.0 Å². The Morgan fingerprint density at radius 3 is 2.75 bits per heavy atom. The largest absolute Gasteiger partial charge is 0.380 e. The average Bonchev–Trinajstić information content (AvgIpc) is 2.66. The van der Waals surface area contributed by atoms with Crippen molar-refractivity contribution < 1.29 is 19.2 Å². The Balaban J connectivity index is 2.04. The molecule has 0 aromatic heterocycles. The summed E-state index contributed by atoms with van der Waals surface area (Å²) in [5, 5.41) is 4.96. The van der Waals surface area contributed by atoms with Gasteiger partial charge in [-0.15, -0.1) is 0 Å². The molecule has 1 fully saturated rings. The third kappa shape index (κ3) is 2.69. The monoisotopic (exact) mass is 280 g/mol. The Hall–Kier alpha value is -2.22. The van der Waals surface area contributed by atoms with Crippen LogP contribution in [-0.4, -0.2) is 47.7 Å². The van der Waals surface area contributed by atoms with E-state index in [-0.39, 0.29) is 24.4 Å². The normalized spacial score (nSPS) is 22.9. The molecule has 0 aliphatic carbocycles. The van der Waals surface area contributed by atoms with Crippen LogP contribution in [0.25, 0.3) is 0 Å². The van der Waals surface area contributed by atoms with Crippen molar-refractivity contribution >= 4 is 23.6 Å². The Morgan fingerprint density at radius 1 is 1.35 bits per heavy atom. The molecule has 2 aliphatic rings. The van der Waals surface area contributed by atoms with Gasteiger partial charge in [-0.1, -0.05) is 0 Å². The molecule has 4 N–H and O–H groups in total. The first-order chi connectivity index (χ1) is 9.54. The van der Waals surface area contributed by atoms with Crippen LogP contribution in [0.5, 0.6) is 0 Å². The summed E-state index contributed by atoms with van der Waals surface area (Å²) in [7, 11) is 0. The van der Waals surface area contributed by atoms with Crippen molar-refractivity contribution in [2.75, 3.05) is 13.1 Å². The van der Waals surface area contributed by atoms with Gasteiger partial charge in [-0.3, -0.25) is 29.4 Å². The summed E-state index contributed by atoms with van der Waals surface area (Å²) in [6, 6.07) is -0.919. The fraction of sp³-hybridized carbons (Fsp3) is 0.500. The summed E-state index contributed by atoms with van der Waals surface area (Å²) >= 11 is 0. The maximum Gasteiger partial charge on any atom is 0.277 e. The number of imide groups is 2. The molecule has 1 unspecified atom stereocenters. The molecule has 108 valence electrons. The number of hydrogen-bond donors (Lipinski definition) is 3. The van der Waals surface area contributed by atoms with Crippen molar-refractivity contribution in [2.45, 2.75) is 25.3 Å². The second kappa shape index (κ2) is 5.83. The first-order valence-electron chi connectivity index (χ1n) is 6.41. The van der Waals surface area contributed by atoms with Gasteiger partial charge in [-0.2, -0.15) is 0 Å². The summed E-state index contributed by atoms with van der Waals surface area (Å²) in [4.78, 5) is 47.7. The molecule has 0 aromatic rings. The number of carbonyl (C=O) groups is 4. The first kappa shape index (κ1) is 14.2. The topological polar surface area (TPSA) is 122 Å². The lowest BCUT2D eigenvalue weighted by molar-refractivity contribution is -0.149. The van der Waals surface area contributed by atoms with Crippen LogP contribution in [0, 0.1) is 0 Å². The predicted molar refractivity (Wildman–Crippen MR) is 67.8 cm³/mol. The van der Waals surface area contributed by atoms with Crippen LogP contribution >= 0.6 is 0 Å². The second-order valence-electron chi connectivity index (χ2n) is 4.61. The second-order valence-corrected chi connectivity index (χ2v) is 4.61. The zero-order chi connectivity index (χ0) is 14.7. The van der Waals surface area contributed by atoms with Crippen LogP contribution in [0.15, 0.2) is 11.8 Å². The summed E-state index contributed by atoms with van der Waals surface area (Å²) < 4.78 is 0. The molecule has 0 bridgehead atoms. The van der Waals surface area contributed by atoms with Gasteiger partial charge in [-0.05, 0) is 19.4 Å². The maximum atomic E-state index is 12.1. The highest BCUT2D eigenvalue weighted by Crippen LogP contribution is 2.19. The van der Waals surface area contributed by atoms with Crippen molar-refractivity contribution in [1.82, 2.24) is 15.5 Å². The van der Waals surface area contributed by atoms with Crippen molar-refractivity contribution in [1.29, 1.82) is 0 Å². The number of nitrogens with zero attached hydrogens (tertiary/aromatic N) is 1. The molecule has 0 aromatic carbocycles. The molecule has 0 saturated carbocycles. The van der Waals surface area contributed by atoms with Gasteiger partial charge in [0.15, 0.2) is 0 Å². The molecule has 2 aliphatic heterocycles. The van der Waals surface area contributed by atoms with Gasteiger partial charge in [0.05, 0.1) is 0 Å². The van der Waals surface area contributed by atoms with Crippen molar-refractivity contribution in [3.63, 3.8) is 0 Å². The van der Waals surface area contributed by atoms with E-state index in [1.54, 1.807) is 0 Å². The minimum absolute atomic E-state index is 0.114. The SMILES string of the molecule is NCCCNC1=CC(=O)N(C2CCC(=O)NC2=O)C1=O. The van der Waals surface area contributed by atoms with Gasteiger partial charge in [0.2, 0.25) is 11.8 Å². The third-order valence-electron chi connectivity index (χ3n) is 3.17. The van der Waals surface area contributed by atoms with Crippen LogP contribution in [0.4, 0.5) is 0 Å². The minimum atomic E-state index is -0.919. The zero-order valence-electron chi connectivity index (χ0n) is 10.8. The highest BCUT2D eigenvalue weighted by molar-refractivity contribution is 6.18. The van der Waals surface area contributed by atoms with Gasteiger partial charge in [0.1, 0.15) is 11.7 Å². The fourth-order valence-corrected chi connectivity index (χ4v) is 2.16. The van der Waals surface area contributed by atoms with E-state index in [4.69, 9.17) is 5.73 Å². The van der Waals surface area contributed by atoms with E-state index in [1.165, 1.54) is 6.08 Å². The lowest BCUT2D eigenvalue weighted by Gasteiger charge is -2.28. The number of nitrogens with two attached hydrogens (primary N) is 1. The van der Waals surface area contributed by atoms with Crippen molar-refractivity contribution in [2.24, 2.45) is 5.73 Å². The van der Waals surface area contributed by atoms with E-state index in [0.29, 0.717) is 19.5 Å². The fourth-order valence-electron chi connectivity index (χ4n) is 2.16. The van der Waals surface area contributed by atoms with Crippen LogP contribution in [0.2, 0.25) is 0 Å². The first-order valence-corrected chi connectivity index (χ1v) is 6.41. The minimum Gasteiger partial charge on any atom is -0.380 e. The zero-order valence-corrected chi connectivity index (χ0v) is 10.8. The molecule has 4 amide bonds. The summed E-state index contributed by atoms with van der Waals surface area (Å²) in [6.07, 6.45) is 2.11. The van der Waals surface area contributed by atoms with Gasteiger partial charge in [0.25, 0.3) is 11.8 Å². The average molecular weight is 280 g/mol. The van der Waals surface area contributed by atoms with Gasteiger partial charge < -0.3 is 11.1 Å². The van der Waals surface area contributed by atoms with Crippen LogP contribution < -0.4 is 16.4 Å². The molecule has 20 heavy (non-hydrogen) atoms. The highest BCUT2D eigenvalue weighted by Gasteiger charge is 2.42. The number of rotatable bonds is 5. The molecular weight excluding hydrogens is 264 g/mol. The predicted octanol–water partition coefficient (Wildman–Crippen LogP) is -2.02. The molecular formula is C12H16N4O4.